The van der Waals surface area contributed by atoms with Crippen molar-refractivity contribution in [3.63, 3.8) is 0 Å². The van der Waals surface area contributed by atoms with E-state index in [9.17, 15) is 29.1 Å². The Hall–Kier alpha value is -8.57. The fourth-order valence-corrected chi connectivity index (χ4v) is 12.5. The van der Waals surface area contributed by atoms with E-state index in [-0.39, 0.29) is 10.5 Å². The first-order valence-electron chi connectivity index (χ1n) is 48.3. The minimum Gasteiger partial charge on any atom is -0.480 e. The van der Waals surface area contributed by atoms with E-state index >= 15 is 0 Å². The van der Waals surface area contributed by atoms with Gasteiger partial charge in [0.1, 0.15) is 10.5 Å². The molecular weight excluding hydrogens is 1640 g/mol. The van der Waals surface area contributed by atoms with Gasteiger partial charge in [-0.3, -0.25) is 9.59 Å². The predicted octanol–water partition coefficient (Wildman–Crippen LogP) is 33.0. The van der Waals surface area contributed by atoms with Crippen LogP contribution < -0.4 is 0 Å². The zero-order chi connectivity index (χ0) is 96.2. The van der Waals surface area contributed by atoms with Crippen LogP contribution in [-0.2, 0) is 38.2 Å². The van der Waals surface area contributed by atoms with Crippen molar-refractivity contribution in [3.8, 4) is 0 Å². The Balaban J connectivity index is -0.000000497. The number of aliphatic carboxylic acids is 5. The van der Waals surface area contributed by atoms with Crippen LogP contribution >= 0.6 is 23.5 Å². The van der Waals surface area contributed by atoms with Gasteiger partial charge in [-0.25, -0.2) is 14.4 Å². The molecule has 0 aromatic carbocycles. The van der Waals surface area contributed by atoms with E-state index in [0.29, 0.717) is 51.9 Å². The molecule has 13 nitrogen and oxygen atoms in total. The van der Waals surface area contributed by atoms with Crippen LogP contribution in [0, 0.1) is 0 Å². The maximum absolute atomic E-state index is 11.3. The summed E-state index contributed by atoms with van der Waals surface area (Å²) in [6.07, 6.45) is 143. The van der Waals surface area contributed by atoms with E-state index in [0.717, 1.165) is 217 Å². The van der Waals surface area contributed by atoms with Gasteiger partial charge < -0.3 is 39.7 Å². The fourth-order valence-electron chi connectivity index (χ4n) is 10.6. The van der Waals surface area contributed by atoms with Crippen LogP contribution in [0.4, 0.5) is 0 Å². The summed E-state index contributed by atoms with van der Waals surface area (Å²) in [5.41, 5.74) is -2.17. The Morgan fingerprint density at radius 3 is 0.736 bits per heavy atom. The normalized spacial score (nSPS) is 13.7. The summed E-state index contributed by atoms with van der Waals surface area (Å²) in [6, 6.07) is 0. The second kappa shape index (κ2) is 108. The summed E-state index contributed by atoms with van der Waals surface area (Å²) in [7, 11) is 0. The smallest absolute Gasteiger partial charge is 0.335 e. The van der Waals surface area contributed by atoms with Crippen molar-refractivity contribution >= 4 is 53.4 Å². The summed E-state index contributed by atoms with van der Waals surface area (Å²) in [5, 5.41) is 44.4. The molecule has 3 atom stereocenters. The second-order valence-corrected chi connectivity index (χ2v) is 32.6. The number of rotatable bonds is 77. The molecule has 0 spiro atoms. The highest BCUT2D eigenvalue weighted by atomic mass is 32.2. The first-order valence-corrected chi connectivity index (χ1v) is 50.4. The van der Waals surface area contributed by atoms with Crippen molar-refractivity contribution in [2.45, 2.75) is 348 Å². The average Bonchev–Trinajstić information content (AvgIpc) is 0.860. The lowest BCUT2D eigenvalue weighted by Gasteiger charge is -2.26. The number of carboxylic acids is 5. The molecule has 0 fully saturated rings. The number of carbonyl (C=O) groups is 5. The molecule has 724 valence electrons. The summed E-state index contributed by atoms with van der Waals surface area (Å²) in [4.78, 5) is 54.7. The van der Waals surface area contributed by atoms with Gasteiger partial charge in [-0.2, -0.15) is 0 Å². The lowest BCUT2D eigenvalue weighted by atomic mass is 9.97. The van der Waals surface area contributed by atoms with E-state index < -0.39 is 47.2 Å². The van der Waals surface area contributed by atoms with Crippen molar-refractivity contribution in [2.24, 2.45) is 0 Å². The zero-order valence-electron chi connectivity index (χ0n) is 82.1. The Morgan fingerprint density at radius 1 is 0.256 bits per heavy atom. The van der Waals surface area contributed by atoms with Crippen molar-refractivity contribution < 1.29 is 63.7 Å². The van der Waals surface area contributed by atoms with Gasteiger partial charge in [0.05, 0.1) is 19.8 Å². The van der Waals surface area contributed by atoms with Gasteiger partial charge in [-0.1, -0.05) is 373 Å². The molecule has 0 aromatic heterocycles. The number of thioether (sulfide) groups is 2. The maximum Gasteiger partial charge on any atom is 0.335 e. The minimum atomic E-state index is -1.13. The van der Waals surface area contributed by atoms with Gasteiger partial charge in [0.2, 0.25) is 0 Å². The molecule has 0 aliphatic heterocycles. The molecule has 5 N–H and O–H groups in total. The van der Waals surface area contributed by atoms with Crippen LogP contribution in [0.1, 0.15) is 321 Å². The number of carboxylic acid groups (broad SMARTS) is 5. The third kappa shape index (κ3) is 103. The Bertz CT molecular complexity index is 3340. The van der Waals surface area contributed by atoms with Crippen LogP contribution in [-0.4, -0.2) is 115 Å². The van der Waals surface area contributed by atoms with Gasteiger partial charge in [0.25, 0.3) is 0 Å². The molecule has 0 aliphatic carbocycles. The molecule has 0 saturated carbocycles. The van der Waals surface area contributed by atoms with Gasteiger partial charge in [0.15, 0.2) is 17.3 Å². The molecule has 0 aromatic rings. The van der Waals surface area contributed by atoms with Gasteiger partial charge >= 0.3 is 29.8 Å². The zero-order valence-corrected chi connectivity index (χ0v) is 83.7. The fraction of sp³-hybridized carbons (Fsp3) is 0.518. The average molecular weight is 1820 g/mol. The van der Waals surface area contributed by atoms with Crippen molar-refractivity contribution in [1.29, 1.82) is 0 Å². The third-order valence-electron chi connectivity index (χ3n) is 18.6. The van der Waals surface area contributed by atoms with E-state index in [4.69, 9.17) is 34.6 Å². The van der Waals surface area contributed by atoms with E-state index in [1.54, 1.807) is 25.6 Å². The molecule has 0 bridgehead atoms. The van der Waals surface area contributed by atoms with Crippen LogP contribution in [0.5, 0.6) is 0 Å². The van der Waals surface area contributed by atoms with Crippen LogP contribution in [0.25, 0.3) is 0 Å². The number of allylic oxidation sites excluding steroid dienone is 46. The first kappa shape index (κ1) is 129. The monoisotopic (exact) mass is 1820 g/mol. The van der Waals surface area contributed by atoms with Crippen molar-refractivity contribution in [2.75, 3.05) is 31.3 Å². The first-order chi connectivity index (χ1) is 62.8. The molecule has 15 heteroatoms. The second-order valence-electron chi connectivity index (χ2n) is 30.1. The van der Waals surface area contributed by atoms with E-state index in [1.165, 1.54) is 11.8 Å². The largest absolute Gasteiger partial charge is 0.480 e. The van der Waals surface area contributed by atoms with E-state index in [1.807, 2.05) is 65.0 Å². The highest BCUT2D eigenvalue weighted by Crippen LogP contribution is 2.22. The molecule has 0 saturated heterocycles. The SMILES string of the molecule is CC/C=C\C/C=C\C/C=C\C/C=C\C/C=C\CCCCSC(CC)C(=O)O.CC/C=C\C/C=C\C/C=C\C/C=C\CC/C=C/COC(C)(C)C(=O)O.CC/C=C\C/C=C\C/C=C\C/C=C\CC/C=C/COC(CC)(CC)C(=O)O.CC/C=C\C/C=C\C/C=C\C/C=C\CC/C=C/COC(CC)C(=O)O.CC/C=C\C/C=C\C/C=C\C/C=C\CC/C=C/CSC(CC)C(=O)O. The van der Waals surface area contributed by atoms with Crippen molar-refractivity contribution in [1.82, 2.24) is 0 Å². The van der Waals surface area contributed by atoms with Gasteiger partial charge in [-0.05, 0) is 257 Å². The van der Waals surface area contributed by atoms with E-state index in [2.05, 4.69) is 308 Å². The highest BCUT2D eigenvalue weighted by Gasteiger charge is 2.35. The lowest BCUT2D eigenvalue weighted by molar-refractivity contribution is -0.165. The third-order valence-corrected chi connectivity index (χ3v) is 21.3. The van der Waals surface area contributed by atoms with Gasteiger partial charge in [0, 0.05) is 5.75 Å². The Kier molecular flexibility index (Phi) is 108. The molecular formula is C114H178O13S2. The lowest BCUT2D eigenvalue weighted by Crippen LogP contribution is -2.40. The molecule has 129 heavy (non-hydrogen) atoms. The quantitative estimate of drug-likeness (QED) is 0.0283. The number of hydrogen-bond donors (Lipinski definition) is 5. The molecule has 3 unspecified atom stereocenters. The van der Waals surface area contributed by atoms with Crippen LogP contribution in [0.15, 0.2) is 304 Å². The molecule has 0 aliphatic rings. The Morgan fingerprint density at radius 2 is 0.496 bits per heavy atom. The Labute approximate surface area is 795 Å². The molecule has 0 amide bonds. The molecule has 0 rings (SSSR count). The maximum atomic E-state index is 11.3. The van der Waals surface area contributed by atoms with Gasteiger partial charge in [-0.15, -0.1) is 23.5 Å². The number of ether oxygens (including phenoxy) is 3. The summed E-state index contributed by atoms with van der Waals surface area (Å²) in [6.45, 7) is 24.2. The van der Waals surface area contributed by atoms with Crippen molar-refractivity contribution in [3.05, 3.63) is 304 Å². The standard InChI is InChI=1S/C24H38O3.C24H38O2S.2C22H34O3.C22H34O2S/c1-4-7-8-9-10-11-12-13-14-15-16-17-18-19-20-21-22-27-24(5-2,6-3)23(25)26;1-3-5-6-7-8-9-10-11-12-13-14-15-16-17-18-19-20-21-22-27-23(4-2)24(25)26;1-4-5-6-7-8-9-10-11-12-13-14-15-16-17-18-19-20-25-22(2,3)21(23)24;2*1-3-5-6-7-8-9-10-11-12-13-14-15-16-17-18-19-20-25-21(4-2)22(23)24/h7-8,10-11,13-14,16-17,20-21H,4-6,9,12,15,18-19,22H2,1-3H3,(H,25,26);5-6,8-9,11-12,14-15,17-18,23H,3-4,7,10,13,16,19-22H2,1-2H3,(H,25,26);5-6,8-9,11-12,14-15,18-19H,4,7,10,13,16-17,20H2,1-3H3,(H,23,24);2*5-6,8-9,11-12,14-15,18-19,21H,3-4,7,10,13,16-17,20H2,1-2H3,(H,23,24)/b8-7-,11-10-,14-13-,17-16-,21-20+;6-5-,9-8-,12-11-,15-14-,18-17-;3*6-5-,9-8-,12-11-,15-14-,19-18+. The van der Waals surface area contributed by atoms with Crippen LogP contribution in [0.3, 0.4) is 0 Å². The topological polar surface area (TPSA) is 214 Å². The molecule has 0 heterocycles. The summed E-state index contributed by atoms with van der Waals surface area (Å²) < 4.78 is 16.1. The predicted molar refractivity (Wildman–Crippen MR) is 565 cm³/mol. The number of unbranched alkanes of at least 4 members (excludes halogenated alkanes) is 6. The minimum absolute atomic E-state index is 0.237. The highest BCUT2D eigenvalue weighted by molar-refractivity contribution is 8.00. The summed E-state index contributed by atoms with van der Waals surface area (Å²) >= 11 is 3.06. The van der Waals surface area contributed by atoms with Crippen LogP contribution in [0.2, 0.25) is 0 Å². The summed E-state index contributed by atoms with van der Waals surface area (Å²) in [5.74, 6) is -2.38. The number of hydrogen-bond acceptors (Lipinski definition) is 10. The molecule has 0 radical (unpaired) electrons.